The molecule has 0 spiro atoms. The molecule has 0 heterocycles. The maximum Gasteiger partial charge on any atom is 0.273 e. The number of benzene rings is 1. The Balaban J connectivity index is 1.50. The van der Waals surface area contributed by atoms with Crippen molar-refractivity contribution in [1.82, 2.24) is 5.43 Å². The number of rotatable bonds is 4. The Bertz CT molecular complexity index is 764. The number of aryl methyl sites for hydroxylation is 1. The van der Waals surface area contributed by atoms with Gasteiger partial charge >= 0.3 is 0 Å². The van der Waals surface area contributed by atoms with Crippen molar-refractivity contribution in [3.8, 4) is 0 Å². The van der Waals surface area contributed by atoms with Crippen LogP contribution in [0.3, 0.4) is 0 Å². The fourth-order valence-corrected chi connectivity index (χ4v) is 5.82. The number of hydrogen-bond donors (Lipinski definition) is 1. The molecule has 0 radical (unpaired) electrons. The van der Waals surface area contributed by atoms with Crippen LogP contribution in [0.2, 0.25) is 0 Å². The van der Waals surface area contributed by atoms with E-state index in [1.807, 2.05) is 6.92 Å². The zero-order chi connectivity index (χ0) is 18.5. The van der Waals surface area contributed by atoms with Crippen LogP contribution in [0.1, 0.15) is 61.4 Å². The van der Waals surface area contributed by atoms with E-state index >= 15 is 0 Å². The zero-order valence-electron chi connectivity index (χ0n) is 15.3. The number of nitro benzene ring substituents is 1. The summed E-state index contributed by atoms with van der Waals surface area (Å²) >= 11 is 0. The summed E-state index contributed by atoms with van der Waals surface area (Å²) in [4.78, 5) is 23.0. The first-order valence-corrected chi connectivity index (χ1v) is 9.46. The van der Waals surface area contributed by atoms with Crippen LogP contribution >= 0.6 is 0 Å². The number of hydrazone groups is 1. The van der Waals surface area contributed by atoms with Crippen LogP contribution in [-0.4, -0.2) is 16.5 Å². The van der Waals surface area contributed by atoms with Gasteiger partial charge in [-0.05, 0) is 76.2 Å². The lowest BCUT2D eigenvalue weighted by atomic mass is 9.48. The number of nitro groups is 1. The Morgan fingerprint density at radius 1 is 1.19 bits per heavy atom. The van der Waals surface area contributed by atoms with Crippen LogP contribution in [0.4, 0.5) is 5.69 Å². The van der Waals surface area contributed by atoms with Crippen molar-refractivity contribution >= 4 is 17.3 Å². The number of nitrogens with one attached hydrogen (secondary N) is 1. The van der Waals surface area contributed by atoms with Gasteiger partial charge in [-0.1, -0.05) is 6.07 Å². The number of hydrogen-bond acceptors (Lipinski definition) is 4. The van der Waals surface area contributed by atoms with Crippen molar-refractivity contribution in [2.45, 2.75) is 52.4 Å². The SMILES string of the molecule is CC(=NNC(=O)c1ccc(C)c([N+](=O)[O-])c1)C12CC3CC(CC(C3)C1)C2. The van der Waals surface area contributed by atoms with Crippen molar-refractivity contribution < 1.29 is 9.72 Å². The number of nitrogens with zero attached hydrogens (tertiary/aromatic N) is 2. The van der Waals surface area contributed by atoms with Crippen LogP contribution in [0.5, 0.6) is 0 Å². The summed E-state index contributed by atoms with van der Waals surface area (Å²) in [7, 11) is 0. The molecule has 0 atom stereocenters. The van der Waals surface area contributed by atoms with Gasteiger partial charge in [-0.2, -0.15) is 5.10 Å². The molecule has 5 rings (SSSR count). The average molecular weight is 355 g/mol. The van der Waals surface area contributed by atoms with Gasteiger partial charge in [0.05, 0.1) is 4.92 Å². The van der Waals surface area contributed by atoms with Gasteiger partial charge in [-0.25, -0.2) is 5.43 Å². The standard InChI is InChI=1S/C20H25N3O3/c1-12-3-4-17(8-18(12)23(25)26)19(24)22-21-13(2)20-9-14-5-15(10-20)7-16(6-14)11-20/h3-4,8,14-16H,5-7,9-11H2,1-2H3,(H,22,24). The largest absolute Gasteiger partial charge is 0.273 e. The summed E-state index contributed by atoms with van der Waals surface area (Å²) in [5.41, 5.74) is 4.58. The molecule has 0 aliphatic heterocycles. The third-order valence-electron chi connectivity index (χ3n) is 6.80. The van der Waals surface area contributed by atoms with E-state index in [0.717, 1.165) is 23.5 Å². The van der Waals surface area contributed by atoms with Gasteiger partial charge in [-0.3, -0.25) is 14.9 Å². The first kappa shape index (κ1) is 17.2. The summed E-state index contributed by atoms with van der Waals surface area (Å²) < 4.78 is 0. The molecule has 6 nitrogen and oxygen atoms in total. The molecule has 4 fully saturated rings. The van der Waals surface area contributed by atoms with E-state index in [1.54, 1.807) is 19.1 Å². The molecule has 0 saturated heterocycles. The smallest absolute Gasteiger partial charge is 0.267 e. The van der Waals surface area contributed by atoms with E-state index in [-0.39, 0.29) is 16.7 Å². The van der Waals surface area contributed by atoms with E-state index in [4.69, 9.17) is 0 Å². The first-order chi connectivity index (χ1) is 12.4. The second kappa shape index (κ2) is 6.18. The molecule has 1 amide bonds. The predicted molar refractivity (Wildman–Crippen MR) is 99.0 cm³/mol. The topological polar surface area (TPSA) is 84.6 Å². The number of carbonyl (C=O) groups is 1. The molecule has 4 bridgehead atoms. The lowest BCUT2D eigenvalue weighted by Crippen LogP contribution is -2.49. The van der Waals surface area contributed by atoms with E-state index in [0.29, 0.717) is 5.56 Å². The molecule has 4 aliphatic carbocycles. The molecular weight excluding hydrogens is 330 g/mol. The normalized spacial score (nSPS) is 32.5. The third-order valence-corrected chi connectivity index (χ3v) is 6.80. The Labute approximate surface area is 153 Å². The molecule has 4 saturated carbocycles. The second-order valence-corrected chi connectivity index (χ2v) is 8.59. The fourth-order valence-electron chi connectivity index (χ4n) is 5.82. The van der Waals surface area contributed by atoms with Gasteiger partial charge in [-0.15, -0.1) is 0 Å². The second-order valence-electron chi connectivity index (χ2n) is 8.59. The van der Waals surface area contributed by atoms with Crippen LogP contribution in [0.25, 0.3) is 0 Å². The molecule has 4 aliphatic rings. The monoisotopic (exact) mass is 355 g/mol. The van der Waals surface area contributed by atoms with Crippen molar-refractivity contribution in [2.75, 3.05) is 0 Å². The molecular formula is C20H25N3O3. The van der Waals surface area contributed by atoms with Crippen molar-refractivity contribution in [2.24, 2.45) is 28.3 Å². The Hall–Kier alpha value is -2.24. The summed E-state index contributed by atoms with van der Waals surface area (Å²) in [5, 5.41) is 15.5. The van der Waals surface area contributed by atoms with Gasteiger partial charge in [0.2, 0.25) is 0 Å². The zero-order valence-corrected chi connectivity index (χ0v) is 15.3. The van der Waals surface area contributed by atoms with Crippen LogP contribution in [-0.2, 0) is 0 Å². The van der Waals surface area contributed by atoms with Gasteiger partial charge in [0.25, 0.3) is 11.6 Å². The quantitative estimate of drug-likeness (QED) is 0.498. The minimum Gasteiger partial charge on any atom is -0.267 e. The minimum atomic E-state index is -0.462. The predicted octanol–water partition coefficient (Wildman–Crippen LogP) is 4.23. The third kappa shape index (κ3) is 2.91. The lowest BCUT2D eigenvalue weighted by molar-refractivity contribution is -0.385. The average Bonchev–Trinajstić information content (AvgIpc) is 2.58. The van der Waals surface area contributed by atoms with Crippen LogP contribution < -0.4 is 5.43 Å². The number of carbonyl (C=O) groups excluding carboxylic acids is 1. The molecule has 1 aromatic rings. The maximum atomic E-state index is 12.4. The van der Waals surface area contributed by atoms with Crippen LogP contribution in [0.15, 0.2) is 23.3 Å². The van der Waals surface area contributed by atoms with Crippen molar-refractivity contribution in [3.05, 3.63) is 39.4 Å². The highest BCUT2D eigenvalue weighted by Gasteiger charge is 2.52. The van der Waals surface area contributed by atoms with Crippen LogP contribution in [0, 0.1) is 40.2 Å². The summed E-state index contributed by atoms with van der Waals surface area (Å²) in [5.74, 6) is 2.07. The Morgan fingerprint density at radius 3 is 2.31 bits per heavy atom. The Morgan fingerprint density at radius 2 is 1.77 bits per heavy atom. The van der Waals surface area contributed by atoms with Gasteiger partial charge in [0.15, 0.2) is 0 Å². The molecule has 26 heavy (non-hydrogen) atoms. The van der Waals surface area contributed by atoms with E-state index in [1.165, 1.54) is 44.6 Å². The first-order valence-electron chi connectivity index (χ1n) is 9.46. The molecule has 6 heteroatoms. The fraction of sp³-hybridized carbons (Fsp3) is 0.600. The molecule has 0 aromatic heterocycles. The van der Waals surface area contributed by atoms with Crippen molar-refractivity contribution in [1.29, 1.82) is 0 Å². The summed E-state index contributed by atoms with van der Waals surface area (Å²) in [6, 6.07) is 4.52. The summed E-state index contributed by atoms with van der Waals surface area (Å²) in [6.07, 6.45) is 7.68. The van der Waals surface area contributed by atoms with Gasteiger partial charge in [0, 0.05) is 28.3 Å². The Kier molecular flexibility index (Phi) is 4.09. The van der Waals surface area contributed by atoms with E-state index < -0.39 is 10.8 Å². The highest BCUT2D eigenvalue weighted by Crippen LogP contribution is 2.60. The molecule has 138 valence electrons. The highest BCUT2D eigenvalue weighted by atomic mass is 16.6. The van der Waals surface area contributed by atoms with Gasteiger partial charge < -0.3 is 0 Å². The lowest BCUT2D eigenvalue weighted by Gasteiger charge is -2.56. The molecule has 1 aromatic carbocycles. The number of amides is 1. The summed E-state index contributed by atoms with van der Waals surface area (Å²) in [6.45, 7) is 3.69. The van der Waals surface area contributed by atoms with E-state index in [2.05, 4.69) is 10.5 Å². The van der Waals surface area contributed by atoms with Gasteiger partial charge in [0.1, 0.15) is 0 Å². The molecule has 1 N–H and O–H groups in total. The van der Waals surface area contributed by atoms with E-state index in [9.17, 15) is 14.9 Å². The van der Waals surface area contributed by atoms with Crippen molar-refractivity contribution in [3.63, 3.8) is 0 Å². The molecule has 0 unspecified atom stereocenters. The minimum absolute atomic E-state index is 0.0422. The maximum absolute atomic E-state index is 12.4. The highest BCUT2D eigenvalue weighted by molar-refractivity contribution is 5.96.